The lowest BCUT2D eigenvalue weighted by atomic mass is 10.1. The Morgan fingerprint density at radius 3 is 2.60 bits per heavy atom. The minimum absolute atomic E-state index is 0.102. The number of benzene rings is 2. The average molecular weight is 374 g/mol. The van der Waals surface area contributed by atoms with E-state index in [1.54, 1.807) is 17.8 Å². The van der Waals surface area contributed by atoms with E-state index >= 15 is 0 Å². The summed E-state index contributed by atoms with van der Waals surface area (Å²) in [4.78, 5) is 23.9. The zero-order chi connectivity index (χ0) is 18.0. The minimum Gasteiger partial charge on any atom is -0.423 e. The molecule has 1 N–H and O–H groups in total. The van der Waals surface area contributed by atoms with Crippen LogP contribution in [0.1, 0.15) is 18.1 Å². The molecule has 3 rings (SSSR count). The molecule has 0 aliphatic rings. The van der Waals surface area contributed by atoms with E-state index in [1.165, 1.54) is 13.0 Å². The Bertz CT molecular complexity index is 996. The quantitative estimate of drug-likeness (QED) is 0.516. The molecule has 1 amide bonds. The van der Waals surface area contributed by atoms with Gasteiger partial charge in [-0.05, 0) is 54.4 Å². The maximum absolute atomic E-state index is 11.8. The molecule has 25 heavy (non-hydrogen) atoms. The Morgan fingerprint density at radius 1 is 1.20 bits per heavy atom. The number of hydrogen-bond acceptors (Lipinski definition) is 4. The molecule has 0 unspecified atom stereocenters. The van der Waals surface area contributed by atoms with Crippen molar-refractivity contribution in [1.82, 2.24) is 0 Å². The zero-order valence-electron chi connectivity index (χ0n) is 13.8. The molecule has 0 spiro atoms. The summed E-state index contributed by atoms with van der Waals surface area (Å²) in [6, 6.07) is 12.7. The molecular weight excluding hydrogens is 358 g/mol. The first-order chi connectivity index (χ1) is 11.9. The number of carbonyl (C=O) groups is 1. The predicted octanol–water partition coefficient (Wildman–Crippen LogP) is 5.01. The molecule has 0 aliphatic heterocycles. The van der Waals surface area contributed by atoms with Gasteiger partial charge in [0.2, 0.25) is 5.91 Å². The highest BCUT2D eigenvalue weighted by atomic mass is 35.5. The molecular formula is C19H16ClNO3S. The van der Waals surface area contributed by atoms with Crippen molar-refractivity contribution in [3.63, 3.8) is 0 Å². The molecule has 4 nitrogen and oxygen atoms in total. The first-order valence-corrected chi connectivity index (χ1v) is 9.02. The number of anilines is 1. The number of rotatable bonds is 4. The second-order valence-corrected chi connectivity index (χ2v) is 7.14. The standard InChI is InChI=1S/C19H16ClNO3S/c1-11-7-18-16(9-17(11)20)13(8-19(23)24-18)10-25-15-5-3-14(4-6-15)21-12(2)22/h3-9H,10H2,1-2H3,(H,21,22). The summed E-state index contributed by atoms with van der Waals surface area (Å²) in [5.74, 6) is 0.510. The second kappa shape index (κ2) is 7.33. The molecule has 0 radical (unpaired) electrons. The third kappa shape index (κ3) is 4.24. The lowest BCUT2D eigenvalue weighted by Gasteiger charge is -2.08. The lowest BCUT2D eigenvalue weighted by Crippen LogP contribution is -2.05. The highest BCUT2D eigenvalue weighted by molar-refractivity contribution is 7.98. The van der Waals surface area contributed by atoms with Crippen molar-refractivity contribution in [2.45, 2.75) is 24.5 Å². The van der Waals surface area contributed by atoms with Gasteiger partial charge in [-0.15, -0.1) is 11.8 Å². The van der Waals surface area contributed by atoms with Crippen LogP contribution in [0.5, 0.6) is 0 Å². The fourth-order valence-corrected chi connectivity index (χ4v) is 3.52. The Labute approximate surface area is 154 Å². The van der Waals surface area contributed by atoms with Crippen molar-refractivity contribution in [2.24, 2.45) is 0 Å². The number of amides is 1. The van der Waals surface area contributed by atoms with Crippen LogP contribution in [0.2, 0.25) is 5.02 Å². The third-order valence-electron chi connectivity index (χ3n) is 3.68. The number of halogens is 1. The molecule has 0 fully saturated rings. The Kier molecular flexibility index (Phi) is 5.16. The highest BCUT2D eigenvalue weighted by Crippen LogP contribution is 2.30. The maximum atomic E-state index is 11.8. The van der Waals surface area contributed by atoms with E-state index in [2.05, 4.69) is 5.32 Å². The molecule has 3 aromatic rings. The molecule has 1 aromatic heterocycles. The summed E-state index contributed by atoms with van der Waals surface area (Å²) < 4.78 is 5.28. The number of hydrogen-bond donors (Lipinski definition) is 1. The van der Waals surface area contributed by atoms with Gasteiger partial charge in [-0.1, -0.05) is 11.6 Å². The van der Waals surface area contributed by atoms with Crippen LogP contribution < -0.4 is 10.9 Å². The number of aryl methyl sites for hydroxylation is 1. The molecule has 0 aliphatic carbocycles. The highest BCUT2D eigenvalue weighted by Gasteiger charge is 2.09. The van der Waals surface area contributed by atoms with Crippen LogP contribution in [0.3, 0.4) is 0 Å². The largest absolute Gasteiger partial charge is 0.423 e. The minimum atomic E-state index is -0.370. The smallest absolute Gasteiger partial charge is 0.336 e. The molecule has 1 heterocycles. The molecule has 0 saturated heterocycles. The fraction of sp³-hybridized carbons (Fsp3) is 0.158. The van der Waals surface area contributed by atoms with Crippen LogP contribution in [0, 0.1) is 6.92 Å². The predicted molar refractivity (Wildman–Crippen MR) is 103 cm³/mol. The van der Waals surface area contributed by atoms with Gasteiger partial charge in [-0.2, -0.15) is 0 Å². The summed E-state index contributed by atoms with van der Waals surface area (Å²) >= 11 is 7.81. The first kappa shape index (κ1) is 17.6. The monoisotopic (exact) mass is 373 g/mol. The number of fused-ring (bicyclic) bond motifs is 1. The lowest BCUT2D eigenvalue weighted by molar-refractivity contribution is -0.114. The van der Waals surface area contributed by atoms with Gasteiger partial charge in [0.05, 0.1) is 0 Å². The molecule has 0 saturated carbocycles. The van der Waals surface area contributed by atoms with Crippen LogP contribution in [0.15, 0.2) is 56.6 Å². The van der Waals surface area contributed by atoms with Crippen LogP contribution in [-0.2, 0) is 10.5 Å². The third-order valence-corrected chi connectivity index (χ3v) is 5.15. The molecule has 6 heteroatoms. The molecule has 0 bridgehead atoms. The van der Waals surface area contributed by atoms with Gasteiger partial charge in [0, 0.05) is 39.7 Å². The van der Waals surface area contributed by atoms with E-state index in [-0.39, 0.29) is 11.5 Å². The van der Waals surface area contributed by atoms with Crippen molar-refractivity contribution < 1.29 is 9.21 Å². The SMILES string of the molecule is CC(=O)Nc1ccc(SCc2cc(=O)oc3cc(C)c(Cl)cc23)cc1. The van der Waals surface area contributed by atoms with E-state index in [1.807, 2.05) is 37.3 Å². The van der Waals surface area contributed by atoms with Gasteiger partial charge in [0.1, 0.15) is 5.58 Å². The number of thioether (sulfide) groups is 1. The van der Waals surface area contributed by atoms with Crippen molar-refractivity contribution in [1.29, 1.82) is 0 Å². The zero-order valence-corrected chi connectivity index (χ0v) is 15.3. The van der Waals surface area contributed by atoms with Crippen molar-refractivity contribution in [2.75, 3.05) is 5.32 Å². The summed E-state index contributed by atoms with van der Waals surface area (Å²) in [6.07, 6.45) is 0. The molecule has 2 aromatic carbocycles. The maximum Gasteiger partial charge on any atom is 0.336 e. The normalized spacial score (nSPS) is 10.8. The van der Waals surface area contributed by atoms with Gasteiger partial charge in [-0.25, -0.2) is 4.79 Å². The first-order valence-electron chi connectivity index (χ1n) is 7.66. The van der Waals surface area contributed by atoms with Gasteiger partial charge in [0.15, 0.2) is 0 Å². The van der Waals surface area contributed by atoms with E-state index in [4.69, 9.17) is 16.0 Å². The van der Waals surface area contributed by atoms with Crippen LogP contribution in [0.25, 0.3) is 11.0 Å². The summed E-state index contributed by atoms with van der Waals surface area (Å²) in [5, 5.41) is 4.22. The fourth-order valence-electron chi connectivity index (χ4n) is 2.47. The van der Waals surface area contributed by atoms with E-state index in [9.17, 15) is 9.59 Å². The average Bonchev–Trinajstić information content (AvgIpc) is 2.55. The van der Waals surface area contributed by atoms with Gasteiger partial charge in [-0.3, -0.25) is 4.79 Å². The van der Waals surface area contributed by atoms with E-state index in [0.717, 1.165) is 27.1 Å². The number of nitrogens with one attached hydrogen (secondary N) is 1. The van der Waals surface area contributed by atoms with Crippen LogP contribution in [-0.4, -0.2) is 5.91 Å². The summed E-state index contributed by atoms with van der Waals surface area (Å²) in [6.45, 7) is 3.35. The van der Waals surface area contributed by atoms with Crippen molar-refractivity contribution in [3.8, 4) is 0 Å². The Hall–Kier alpha value is -2.24. The van der Waals surface area contributed by atoms with Gasteiger partial charge < -0.3 is 9.73 Å². The summed E-state index contributed by atoms with van der Waals surface area (Å²) in [5.41, 5.74) is 2.68. The van der Waals surface area contributed by atoms with Gasteiger partial charge in [0.25, 0.3) is 0 Å². The van der Waals surface area contributed by atoms with E-state index in [0.29, 0.717) is 16.4 Å². The van der Waals surface area contributed by atoms with E-state index < -0.39 is 0 Å². The van der Waals surface area contributed by atoms with Crippen LogP contribution in [0.4, 0.5) is 5.69 Å². The summed E-state index contributed by atoms with van der Waals surface area (Å²) in [7, 11) is 0. The Morgan fingerprint density at radius 2 is 1.92 bits per heavy atom. The van der Waals surface area contributed by atoms with Crippen molar-refractivity contribution >= 4 is 45.9 Å². The van der Waals surface area contributed by atoms with Gasteiger partial charge >= 0.3 is 5.63 Å². The molecule has 0 atom stereocenters. The second-order valence-electron chi connectivity index (χ2n) is 5.68. The van der Waals surface area contributed by atoms with Crippen molar-refractivity contribution in [3.05, 3.63) is 69.0 Å². The topological polar surface area (TPSA) is 59.3 Å². The number of carbonyl (C=O) groups excluding carboxylic acids is 1. The molecule has 128 valence electrons. The Balaban J connectivity index is 1.84. The van der Waals surface area contributed by atoms with Crippen LogP contribution >= 0.6 is 23.4 Å².